The molecule has 0 saturated carbocycles. The van der Waals surface area contributed by atoms with Gasteiger partial charge in [-0.25, -0.2) is 0 Å². The number of anilines is 1. The second-order valence-corrected chi connectivity index (χ2v) is 5.55. The largest absolute Gasteiger partial charge is 0.388 e. The predicted octanol–water partition coefficient (Wildman–Crippen LogP) is -0.733. The first-order valence-electron chi connectivity index (χ1n) is 7.63. The molecule has 0 radical (unpaired) electrons. The van der Waals surface area contributed by atoms with Crippen molar-refractivity contribution in [3.63, 3.8) is 0 Å². The van der Waals surface area contributed by atoms with E-state index in [0.29, 0.717) is 5.69 Å². The van der Waals surface area contributed by atoms with Gasteiger partial charge in [0.1, 0.15) is 24.9 Å². The maximum absolute atomic E-state index is 12.0. The number of hydrogen-bond acceptors (Lipinski definition) is 6. The number of para-hydroxylation sites is 1. The van der Waals surface area contributed by atoms with Crippen LogP contribution in [0.4, 0.5) is 5.69 Å². The Hall–Kier alpha value is -2.00. The zero-order chi connectivity index (χ0) is 17.5. The molecule has 1 aliphatic rings. The molecule has 1 aromatic carbocycles. The summed E-state index contributed by atoms with van der Waals surface area (Å²) in [5.74, 6) is -0.686. The molecule has 0 bridgehead atoms. The van der Waals surface area contributed by atoms with Gasteiger partial charge in [0, 0.05) is 19.3 Å². The van der Waals surface area contributed by atoms with Crippen molar-refractivity contribution in [1.29, 1.82) is 0 Å². The van der Waals surface area contributed by atoms with Crippen molar-refractivity contribution in [2.24, 2.45) is 0 Å². The fourth-order valence-corrected chi connectivity index (χ4v) is 2.48. The molecule has 4 N–H and O–H groups in total. The van der Waals surface area contributed by atoms with E-state index in [0.717, 1.165) is 0 Å². The van der Waals surface area contributed by atoms with E-state index in [1.54, 1.807) is 24.3 Å². The lowest BCUT2D eigenvalue weighted by Gasteiger charge is -2.15. The summed E-state index contributed by atoms with van der Waals surface area (Å²) in [7, 11) is 1.39. The Bertz CT molecular complexity index is 553. The van der Waals surface area contributed by atoms with Crippen LogP contribution >= 0.6 is 0 Å². The molecular weight excluding hydrogens is 316 g/mol. The molecule has 1 heterocycles. The van der Waals surface area contributed by atoms with Gasteiger partial charge < -0.3 is 30.3 Å². The third kappa shape index (κ3) is 5.00. The fourth-order valence-electron chi connectivity index (χ4n) is 2.48. The van der Waals surface area contributed by atoms with Gasteiger partial charge in [-0.2, -0.15) is 0 Å². The highest BCUT2D eigenvalue weighted by molar-refractivity contribution is 5.91. The minimum absolute atomic E-state index is 0.0250. The van der Waals surface area contributed by atoms with Crippen LogP contribution in [-0.2, 0) is 19.1 Å². The molecule has 0 aromatic heterocycles. The minimum Gasteiger partial charge on any atom is -0.388 e. The number of aliphatic hydroxyl groups is 2. The number of methoxy groups -OCH3 is 1. The van der Waals surface area contributed by atoms with Crippen molar-refractivity contribution >= 4 is 17.5 Å². The van der Waals surface area contributed by atoms with Gasteiger partial charge in [0.25, 0.3) is 0 Å². The maximum atomic E-state index is 12.0. The SMILES string of the molecule is COCC(=O)NCC1OC(CC(=O)Nc2ccccc2)C(O)C1O. The number of aliphatic hydroxyl groups excluding tert-OH is 2. The average molecular weight is 338 g/mol. The highest BCUT2D eigenvalue weighted by Crippen LogP contribution is 2.23. The van der Waals surface area contributed by atoms with E-state index >= 15 is 0 Å². The highest BCUT2D eigenvalue weighted by Gasteiger charge is 2.43. The zero-order valence-corrected chi connectivity index (χ0v) is 13.3. The summed E-state index contributed by atoms with van der Waals surface area (Å²) in [4.78, 5) is 23.4. The molecule has 4 unspecified atom stereocenters. The molecular formula is C16H22N2O6. The van der Waals surface area contributed by atoms with Crippen LogP contribution < -0.4 is 10.6 Å². The molecule has 8 nitrogen and oxygen atoms in total. The van der Waals surface area contributed by atoms with Gasteiger partial charge in [0.2, 0.25) is 11.8 Å². The Morgan fingerprint density at radius 2 is 1.79 bits per heavy atom. The van der Waals surface area contributed by atoms with Crippen LogP contribution in [0.3, 0.4) is 0 Å². The van der Waals surface area contributed by atoms with Crippen molar-refractivity contribution in [1.82, 2.24) is 5.32 Å². The number of ether oxygens (including phenoxy) is 2. The molecule has 0 spiro atoms. The topological polar surface area (TPSA) is 117 Å². The molecule has 1 saturated heterocycles. The summed E-state index contributed by atoms with van der Waals surface area (Å²) in [6.45, 7) is -0.0779. The molecule has 132 valence electrons. The Morgan fingerprint density at radius 3 is 2.46 bits per heavy atom. The number of nitrogens with one attached hydrogen (secondary N) is 2. The third-order valence-corrected chi connectivity index (χ3v) is 3.68. The highest BCUT2D eigenvalue weighted by atomic mass is 16.5. The minimum atomic E-state index is -1.20. The van der Waals surface area contributed by atoms with E-state index < -0.39 is 24.4 Å². The summed E-state index contributed by atoms with van der Waals surface area (Å²) in [5.41, 5.74) is 0.638. The van der Waals surface area contributed by atoms with Crippen molar-refractivity contribution in [2.45, 2.75) is 30.8 Å². The summed E-state index contributed by atoms with van der Waals surface area (Å²) in [6.07, 6.45) is -4.10. The van der Waals surface area contributed by atoms with Gasteiger partial charge >= 0.3 is 0 Å². The van der Waals surface area contributed by atoms with E-state index in [-0.39, 0.29) is 31.4 Å². The first-order valence-corrected chi connectivity index (χ1v) is 7.63. The summed E-state index contributed by atoms with van der Waals surface area (Å²) in [5, 5.41) is 25.2. The van der Waals surface area contributed by atoms with Crippen molar-refractivity contribution in [3.8, 4) is 0 Å². The fraction of sp³-hybridized carbons (Fsp3) is 0.500. The zero-order valence-electron chi connectivity index (χ0n) is 13.3. The lowest BCUT2D eigenvalue weighted by molar-refractivity contribution is -0.126. The standard InChI is InChI=1S/C16H22N2O6/c1-23-9-14(20)17-8-12-16(22)15(21)11(24-12)7-13(19)18-10-5-3-2-4-6-10/h2-6,11-12,15-16,21-22H,7-9H2,1H3,(H,17,20)(H,18,19). The Kier molecular flexibility index (Phi) is 6.68. The summed E-state index contributed by atoms with van der Waals surface area (Å²) >= 11 is 0. The number of carbonyl (C=O) groups is 2. The van der Waals surface area contributed by atoms with Gasteiger partial charge in [-0.1, -0.05) is 18.2 Å². The van der Waals surface area contributed by atoms with Crippen LogP contribution in [0.25, 0.3) is 0 Å². The van der Waals surface area contributed by atoms with Gasteiger partial charge in [-0.05, 0) is 12.1 Å². The normalized spacial score (nSPS) is 26.1. The van der Waals surface area contributed by atoms with E-state index in [1.165, 1.54) is 7.11 Å². The first-order chi connectivity index (χ1) is 11.5. The monoisotopic (exact) mass is 338 g/mol. The molecule has 1 aromatic rings. The van der Waals surface area contributed by atoms with Crippen LogP contribution in [0, 0.1) is 0 Å². The van der Waals surface area contributed by atoms with Crippen LogP contribution in [0.2, 0.25) is 0 Å². The summed E-state index contributed by atoms with van der Waals surface area (Å²) < 4.78 is 10.2. The van der Waals surface area contributed by atoms with E-state index in [2.05, 4.69) is 15.4 Å². The number of amides is 2. The average Bonchev–Trinajstić information content (AvgIpc) is 2.82. The molecule has 8 heteroatoms. The number of benzene rings is 1. The van der Waals surface area contributed by atoms with Gasteiger partial charge in [-0.3, -0.25) is 9.59 Å². The molecule has 1 aliphatic heterocycles. The second-order valence-electron chi connectivity index (χ2n) is 5.55. The van der Waals surface area contributed by atoms with Crippen molar-refractivity contribution in [2.75, 3.05) is 25.6 Å². The third-order valence-electron chi connectivity index (χ3n) is 3.68. The number of hydrogen-bond donors (Lipinski definition) is 4. The second kappa shape index (κ2) is 8.74. The molecule has 24 heavy (non-hydrogen) atoms. The molecule has 2 amide bonds. The lowest BCUT2D eigenvalue weighted by atomic mass is 10.1. The van der Waals surface area contributed by atoms with Crippen LogP contribution in [0.1, 0.15) is 6.42 Å². The van der Waals surface area contributed by atoms with Crippen molar-refractivity contribution in [3.05, 3.63) is 30.3 Å². The van der Waals surface area contributed by atoms with E-state index in [9.17, 15) is 19.8 Å². The van der Waals surface area contributed by atoms with Crippen LogP contribution in [0.15, 0.2) is 30.3 Å². The van der Waals surface area contributed by atoms with E-state index in [4.69, 9.17) is 4.74 Å². The first kappa shape index (κ1) is 18.3. The quantitative estimate of drug-likeness (QED) is 0.521. The van der Waals surface area contributed by atoms with Gasteiger partial charge in [0.15, 0.2) is 0 Å². The maximum Gasteiger partial charge on any atom is 0.246 e. The summed E-state index contributed by atoms with van der Waals surface area (Å²) in [6, 6.07) is 8.90. The Morgan fingerprint density at radius 1 is 1.12 bits per heavy atom. The van der Waals surface area contributed by atoms with Crippen LogP contribution in [0.5, 0.6) is 0 Å². The molecule has 1 fully saturated rings. The van der Waals surface area contributed by atoms with Crippen LogP contribution in [-0.4, -0.2) is 66.7 Å². The molecule has 0 aliphatic carbocycles. The Balaban J connectivity index is 1.83. The van der Waals surface area contributed by atoms with Crippen molar-refractivity contribution < 1.29 is 29.3 Å². The molecule has 4 atom stereocenters. The molecule has 2 rings (SSSR count). The number of carbonyl (C=O) groups excluding carboxylic acids is 2. The predicted molar refractivity (Wildman–Crippen MR) is 85.2 cm³/mol. The van der Waals surface area contributed by atoms with E-state index in [1.807, 2.05) is 6.07 Å². The number of rotatable bonds is 7. The smallest absolute Gasteiger partial charge is 0.246 e. The lowest BCUT2D eigenvalue weighted by Crippen LogP contribution is -2.40. The Labute approximate surface area is 139 Å². The van der Waals surface area contributed by atoms with Gasteiger partial charge in [0.05, 0.1) is 12.5 Å². The van der Waals surface area contributed by atoms with Gasteiger partial charge in [-0.15, -0.1) is 0 Å².